The van der Waals surface area contributed by atoms with Gasteiger partial charge >= 0.3 is 0 Å². The van der Waals surface area contributed by atoms with Crippen LogP contribution in [0.15, 0.2) is 24.3 Å². The molecule has 1 aliphatic rings. The van der Waals surface area contributed by atoms with Gasteiger partial charge in [-0.15, -0.1) is 6.42 Å². The van der Waals surface area contributed by atoms with Gasteiger partial charge in [0.15, 0.2) is 0 Å². The Hall–Kier alpha value is -1.54. The van der Waals surface area contributed by atoms with E-state index in [1.54, 1.807) is 7.11 Å². The monoisotopic (exact) mass is 303 g/mol. The van der Waals surface area contributed by atoms with Gasteiger partial charge in [-0.3, -0.25) is 4.90 Å². The first kappa shape index (κ1) is 16.8. The molecule has 1 fully saturated rings. The molecule has 2 rings (SSSR count). The van der Waals surface area contributed by atoms with Crippen LogP contribution in [0.25, 0.3) is 0 Å². The number of hydrogen-bond acceptors (Lipinski definition) is 4. The minimum absolute atomic E-state index is 0.248. The number of ether oxygens (including phenoxy) is 2. The van der Waals surface area contributed by atoms with E-state index in [1.165, 1.54) is 18.4 Å². The summed E-state index contributed by atoms with van der Waals surface area (Å²) in [4.78, 5) is 2.30. The average molecular weight is 303 g/mol. The van der Waals surface area contributed by atoms with Crippen molar-refractivity contribution in [2.24, 2.45) is 5.92 Å². The highest BCUT2D eigenvalue weighted by atomic mass is 16.5. The molecule has 1 saturated carbocycles. The molecule has 0 amide bonds. The summed E-state index contributed by atoms with van der Waals surface area (Å²) in [5.74, 6) is 4.05. The Morgan fingerprint density at radius 3 is 2.68 bits per heavy atom. The molecular weight excluding hydrogens is 278 g/mol. The van der Waals surface area contributed by atoms with Crippen molar-refractivity contribution in [3.63, 3.8) is 0 Å². The number of aliphatic hydroxyl groups excluding tert-OH is 1. The highest BCUT2D eigenvalue weighted by molar-refractivity contribution is 5.27. The zero-order chi connectivity index (χ0) is 15.8. The standard InChI is InChI=1S/C18H25NO3/c1-3-10-22-14-17(20)13-19(11-15-4-5-15)12-16-6-8-18(21-2)9-7-16/h1,6-9,15,17,20H,4-5,10-14H2,2H3. The number of methoxy groups -OCH3 is 1. The summed E-state index contributed by atoms with van der Waals surface area (Å²) in [5, 5.41) is 10.1. The zero-order valence-corrected chi connectivity index (χ0v) is 13.2. The Kier molecular flexibility index (Phi) is 6.73. The summed E-state index contributed by atoms with van der Waals surface area (Å²) in [6, 6.07) is 8.08. The normalized spacial score (nSPS) is 15.5. The number of rotatable bonds is 10. The van der Waals surface area contributed by atoms with Crippen LogP contribution in [0.3, 0.4) is 0 Å². The van der Waals surface area contributed by atoms with Crippen molar-refractivity contribution in [2.75, 3.05) is 33.4 Å². The van der Waals surface area contributed by atoms with E-state index in [2.05, 4.69) is 23.0 Å². The third-order valence-corrected chi connectivity index (χ3v) is 3.74. The Morgan fingerprint density at radius 2 is 2.09 bits per heavy atom. The van der Waals surface area contributed by atoms with Crippen molar-refractivity contribution in [1.29, 1.82) is 0 Å². The zero-order valence-electron chi connectivity index (χ0n) is 13.2. The lowest BCUT2D eigenvalue weighted by molar-refractivity contribution is 0.0251. The van der Waals surface area contributed by atoms with Crippen molar-refractivity contribution in [3.05, 3.63) is 29.8 Å². The first-order chi connectivity index (χ1) is 10.7. The first-order valence-corrected chi connectivity index (χ1v) is 7.75. The van der Waals surface area contributed by atoms with Gasteiger partial charge in [-0.1, -0.05) is 18.1 Å². The summed E-state index contributed by atoms with van der Waals surface area (Å²) in [6.45, 7) is 2.99. The van der Waals surface area contributed by atoms with Crippen LogP contribution in [0.4, 0.5) is 0 Å². The first-order valence-electron chi connectivity index (χ1n) is 7.75. The lowest BCUT2D eigenvalue weighted by Gasteiger charge is -2.25. The van der Waals surface area contributed by atoms with Gasteiger partial charge in [-0.05, 0) is 36.5 Å². The Balaban J connectivity index is 1.85. The van der Waals surface area contributed by atoms with E-state index in [1.807, 2.05) is 12.1 Å². The van der Waals surface area contributed by atoms with Crippen LogP contribution in [-0.2, 0) is 11.3 Å². The predicted molar refractivity (Wildman–Crippen MR) is 86.7 cm³/mol. The van der Waals surface area contributed by atoms with Crippen LogP contribution in [0, 0.1) is 18.3 Å². The molecule has 0 aliphatic heterocycles. The van der Waals surface area contributed by atoms with Crippen molar-refractivity contribution in [1.82, 2.24) is 4.90 Å². The van der Waals surface area contributed by atoms with Crippen molar-refractivity contribution in [2.45, 2.75) is 25.5 Å². The fourth-order valence-corrected chi connectivity index (χ4v) is 2.46. The third-order valence-electron chi connectivity index (χ3n) is 3.74. The molecule has 1 aromatic rings. The van der Waals surface area contributed by atoms with E-state index in [0.29, 0.717) is 6.54 Å². The molecule has 0 heterocycles. The maximum atomic E-state index is 10.1. The molecule has 4 nitrogen and oxygen atoms in total. The minimum Gasteiger partial charge on any atom is -0.497 e. The highest BCUT2D eigenvalue weighted by Gasteiger charge is 2.25. The van der Waals surface area contributed by atoms with Crippen LogP contribution < -0.4 is 4.74 Å². The minimum atomic E-state index is -0.509. The second-order valence-electron chi connectivity index (χ2n) is 5.86. The van der Waals surface area contributed by atoms with Crippen molar-refractivity contribution < 1.29 is 14.6 Å². The van der Waals surface area contributed by atoms with E-state index >= 15 is 0 Å². The molecule has 1 aliphatic carbocycles. The lowest BCUT2D eigenvalue weighted by Crippen LogP contribution is -2.36. The number of hydrogen-bond donors (Lipinski definition) is 1. The number of aliphatic hydroxyl groups is 1. The van der Waals surface area contributed by atoms with Crippen LogP contribution in [-0.4, -0.2) is 49.5 Å². The quantitative estimate of drug-likeness (QED) is 0.530. The summed E-state index contributed by atoms with van der Waals surface area (Å²) in [7, 11) is 1.67. The molecule has 0 radical (unpaired) electrons. The van der Waals surface area contributed by atoms with Gasteiger partial charge in [0, 0.05) is 19.6 Å². The third kappa shape index (κ3) is 6.07. The van der Waals surface area contributed by atoms with Gasteiger partial charge in [0.1, 0.15) is 12.4 Å². The summed E-state index contributed by atoms with van der Waals surface area (Å²) in [6.07, 6.45) is 7.22. The van der Waals surface area contributed by atoms with E-state index in [4.69, 9.17) is 15.9 Å². The molecule has 120 valence electrons. The van der Waals surface area contributed by atoms with Crippen LogP contribution in [0.2, 0.25) is 0 Å². The smallest absolute Gasteiger partial charge is 0.118 e. The van der Waals surface area contributed by atoms with Gasteiger partial charge in [0.25, 0.3) is 0 Å². The van der Waals surface area contributed by atoms with E-state index in [9.17, 15) is 5.11 Å². The molecule has 1 atom stereocenters. The van der Waals surface area contributed by atoms with E-state index in [-0.39, 0.29) is 13.2 Å². The molecule has 1 unspecified atom stereocenters. The highest BCUT2D eigenvalue weighted by Crippen LogP contribution is 2.30. The maximum Gasteiger partial charge on any atom is 0.118 e. The summed E-state index contributed by atoms with van der Waals surface area (Å²) in [5.41, 5.74) is 1.22. The molecular formula is C18H25NO3. The number of benzene rings is 1. The Morgan fingerprint density at radius 1 is 1.36 bits per heavy atom. The van der Waals surface area contributed by atoms with Gasteiger partial charge in [-0.25, -0.2) is 0 Å². The van der Waals surface area contributed by atoms with Crippen LogP contribution >= 0.6 is 0 Å². The lowest BCUT2D eigenvalue weighted by atomic mass is 10.2. The number of nitrogens with zero attached hydrogens (tertiary/aromatic N) is 1. The molecule has 0 saturated heterocycles. The molecule has 0 aromatic heterocycles. The molecule has 0 spiro atoms. The molecule has 0 bridgehead atoms. The fourth-order valence-electron chi connectivity index (χ4n) is 2.46. The molecule has 1 aromatic carbocycles. The summed E-state index contributed by atoms with van der Waals surface area (Å²) < 4.78 is 10.4. The molecule has 22 heavy (non-hydrogen) atoms. The van der Waals surface area contributed by atoms with Gasteiger partial charge in [0.2, 0.25) is 0 Å². The fraction of sp³-hybridized carbons (Fsp3) is 0.556. The van der Waals surface area contributed by atoms with Gasteiger partial charge in [-0.2, -0.15) is 0 Å². The second-order valence-corrected chi connectivity index (χ2v) is 5.86. The largest absolute Gasteiger partial charge is 0.497 e. The second kappa shape index (κ2) is 8.79. The topological polar surface area (TPSA) is 41.9 Å². The van der Waals surface area contributed by atoms with Gasteiger partial charge < -0.3 is 14.6 Å². The average Bonchev–Trinajstić information content (AvgIpc) is 3.32. The SMILES string of the molecule is C#CCOCC(O)CN(Cc1ccc(OC)cc1)CC1CC1. The molecule has 4 heteroatoms. The van der Waals surface area contributed by atoms with E-state index in [0.717, 1.165) is 24.8 Å². The van der Waals surface area contributed by atoms with E-state index < -0.39 is 6.10 Å². The Bertz CT molecular complexity index is 476. The Labute approximate surface area is 133 Å². The van der Waals surface area contributed by atoms with Crippen molar-refractivity contribution in [3.8, 4) is 18.1 Å². The van der Waals surface area contributed by atoms with Crippen LogP contribution in [0.5, 0.6) is 5.75 Å². The summed E-state index contributed by atoms with van der Waals surface area (Å²) >= 11 is 0. The van der Waals surface area contributed by atoms with Crippen LogP contribution in [0.1, 0.15) is 18.4 Å². The maximum absolute atomic E-state index is 10.1. The van der Waals surface area contributed by atoms with Gasteiger partial charge in [0.05, 0.1) is 19.8 Å². The number of terminal acetylenes is 1. The van der Waals surface area contributed by atoms with Crippen molar-refractivity contribution >= 4 is 0 Å². The predicted octanol–water partition coefficient (Wildman–Crippen LogP) is 1.92. The molecule has 1 N–H and O–H groups in total.